The zero-order valence-corrected chi connectivity index (χ0v) is 23.2. The van der Waals surface area contributed by atoms with Crippen LogP contribution in [0.3, 0.4) is 0 Å². The second kappa shape index (κ2) is 14.6. The van der Waals surface area contributed by atoms with E-state index in [0.29, 0.717) is 16.3 Å². The first kappa shape index (κ1) is 34.7. The average Bonchev–Trinajstić information content (AvgIpc) is 2.96. The monoisotopic (exact) mass is 616 g/mol. The largest absolute Gasteiger partial charge is 0.478 e. The van der Waals surface area contributed by atoms with E-state index < -0.39 is 41.5 Å². The fourth-order valence-electron chi connectivity index (χ4n) is 4.06. The third-order valence-electron chi connectivity index (χ3n) is 6.18. The lowest BCUT2D eigenvalue weighted by Gasteiger charge is -2.16. The van der Waals surface area contributed by atoms with Crippen LogP contribution in [-0.4, -0.2) is 55.8 Å². The molecule has 7 N–H and O–H groups in total. The fourth-order valence-corrected chi connectivity index (χ4v) is 4.06. The highest BCUT2D eigenvalue weighted by atomic mass is 19.4. The van der Waals surface area contributed by atoms with Gasteiger partial charge in [0.2, 0.25) is 5.91 Å². The smallest absolute Gasteiger partial charge is 0.416 e. The van der Waals surface area contributed by atoms with E-state index in [-0.39, 0.29) is 40.0 Å². The number of aliphatic hydroxyl groups excluding tert-OH is 1. The number of fused-ring (bicyclic) bond motifs is 1. The number of carboxylic acid groups (broad SMARTS) is 3. The molecule has 0 radical (unpaired) electrons. The number of nitrogens with one attached hydrogen (secondary N) is 1. The molecule has 0 aliphatic carbocycles. The van der Waals surface area contributed by atoms with Crippen LogP contribution in [0.4, 0.5) is 13.2 Å². The molecular formula is C30H27F3N2O9. The number of amides is 1. The Labute approximate surface area is 247 Å². The van der Waals surface area contributed by atoms with Crippen LogP contribution in [0.1, 0.15) is 71.0 Å². The molecule has 44 heavy (non-hydrogen) atoms. The fraction of sp³-hybridized carbons (Fsp3) is 0.167. The number of carboxylic acids is 3. The number of pyridine rings is 1. The summed E-state index contributed by atoms with van der Waals surface area (Å²) in [6, 6.07) is 13.0. The van der Waals surface area contributed by atoms with E-state index in [9.17, 15) is 37.1 Å². The van der Waals surface area contributed by atoms with Crippen LogP contribution in [0.5, 0.6) is 0 Å². The maximum absolute atomic E-state index is 12.1. The average molecular weight is 617 g/mol. The van der Waals surface area contributed by atoms with Gasteiger partial charge in [-0.2, -0.15) is 13.2 Å². The van der Waals surface area contributed by atoms with Gasteiger partial charge in [0.05, 0.1) is 22.3 Å². The molecule has 0 saturated carbocycles. The number of benzene rings is 3. The number of alkyl halides is 3. The summed E-state index contributed by atoms with van der Waals surface area (Å²) in [7, 11) is 0. The minimum Gasteiger partial charge on any atom is -0.478 e. The Balaban J connectivity index is 0.000000232. The van der Waals surface area contributed by atoms with E-state index in [1.165, 1.54) is 30.5 Å². The number of aliphatic hydroxyl groups is 1. The maximum Gasteiger partial charge on any atom is 0.416 e. The summed E-state index contributed by atoms with van der Waals surface area (Å²) >= 11 is 0. The number of nitrogens with two attached hydrogens (primary N) is 1. The molecule has 0 aliphatic rings. The van der Waals surface area contributed by atoms with Crippen molar-refractivity contribution >= 4 is 34.6 Å². The molecule has 1 unspecified atom stereocenters. The van der Waals surface area contributed by atoms with Gasteiger partial charge in [-0.05, 0) is 60.5 Å². The molecule has 14 heteroatoms. The third kappa shape index (κ3) is 8.51. The highest BCUT2D eigenvalue weighted by Crippen LogP contribution is 2.29. The predicted octanol–water partition coefficient (Wildman–Crippen LogP) is 4.52. The normalized spacial score (nSPS) is 11.3. The molecule has 0 saturated heterocycles. The number of rotatable bonds is 6. The molecule has 0 aliphatic heterocycles. The van der Waals surface area contributed by atoms with Gasteiger partial charge in [-0.1, -0.05) is 25.1 Å². The molecule has 4 rings (SSSR count). The molecule has 1 amide bonds. The van der Waals surface area contributed by atoms with Gasteiger partial charge in [-0.3, -0.25) is 9.59 Å². The number of primary amides is 1. The zero-order chi connectivity index (χ0) is 33.4. The summed E-state index contributed by atoms with van der Waals surface area (Å²) < 4.78 is 36.2. The number of aromatic carboxylic acids is 3. The Morgan fingerprint density at radius 1 is 0.864 bits per heavy atom. The first-order chi connectivity index (χ1) is 20.5. The molecule has 0 spiro atoms. The Morgan fingerprint density at radius 3 is 2.00 bits per heavy atom. The Kier molecular flexibility index (Phi) is 11.5. The van der Waals surface area contributed by atoms with Crippen LogP contribution in [0.15, 0.2) is 71.7 Å². The summed E-state index contributed by atoms with van der Waals surface area (Å²) in [5.74, 6) is -4.80. The van der Waals surface area contributed by atoms with Gasteiger partial charge in [-0.25, -0.2) is 14.4 Å². The van der Waals surface area contributed by atoms with Crippen molar-refractivity contribution in [2.45, 2.75) is 25.9 Å². The summed E-state index contributed by atoms with van der Waals surface area (Å²) in [5, 5.41) is 37.0. The van der Waals surface area contributed by atoms with Crippen molar-refractivity contribution in [2.75, 3.05) is 6.61 Å². The van der Waals surface area contributed by atoms with Gasteiger partial charge in [0.15, 0.2) is 0 Å². The van der Waals surface area contributed by atoms with Gasteiger partial charge < -0.3 is 31.1 Å². The lowest BCUT2D eigenvalue weighted by Crippen LogP contribution is -2.15. The highest BCUT2D eigenvalue weighted by Gasteiger charge is 2.30. The summed E-state index contributed by atoms with van der Waals surface area (Å²) in [5.41, 5.74) is 4.23. The van der Waals surface area contributed by atoms with Crippen molar-refractivity contribution in [3.63, 3.8) is 0 Å². The van der Waals surface area contributed by atoms with Crippen molar-refractivity contribution in [1.29, 1.82) is 0 Å². The van der Waals surface area contributed by atoms with Crippen molar-refractivity contribution in [2.24, 2.45) is 5.73 Å². The standard InChI is InChI=1S/C12H14O5.C10H7NO3.C8H6F3NO/c1-6-3-4-8(11(14)15)9(7(2)5-13)10(6)12(16)17;12-9-7-2-1-3-8(10(13)14)6(7)4-5-11-9;9-8(10,11)6-3-1-2-5(4-6)7(12)13/h3-4,7,13H,5H2,1-2H3,(H,14,15)(H,16,17);1-5H,(H,11,12)(H,13,14);1-4H,(H2,12,13). The van der Waals surface area contributed by atoms with E-state index in [0.717, 1.165) is 18.2 Å². The Bertz CT molecular complexity index is 1770. The molecular weight excluding hydrogens is 589 g/mol. The van der Waals surface area contributed by atoms with Crippen LogP contribution < -0.4 is 11.3 Å². The molecule has 0 fully saturated rings. The highest BCUT2D eigenvalue weighted by molar-refractivity contribution is 6.03. The number of hydrogen-bond acceptors (Lipinski definition) is 6. The van der Waals surface area contributed by atoms with Crippen LogP contribution in [0.25, 0.3) is 10.8 Å². The molecule has 1 aromatic heterocycles. The van der Waals surface area contributed by atoms with Crippen molar-refractivity contribution < 1.29 is 52.8 Å². The molecule has 4 aromatic rings. The summed E-state index contributed by atoms with van der Waals surface area (Å²) in [4.78, 5) is 57.4. The lowest BCUT2D eigenvalue weighted by atomic mass is 9.88. The van der Waals surface area contributed by atoms with Crippen LogP contribution in [0.2, 0.25) is 0 Å². The van der Waals surface area contributed by atoms with E-state index in [2.05, 4.69) is 4.98 Å². The molecule has 0 bridgehead atoms. The number of H-pyrrole nitrogens is 1. The predicted molar refractivity (Wildman–Crippen MR) is 152 cm³/mol. The van der Waals surface area contributed by atoms with Crippen LogP contribution in [-0.2, 0) is 6.18 Å². The van der Waals surface area contributed by atoms with Crippen molar-refractivity contribution in [3.8, 4) is 0 Å². The summed E-state index contributed by atoms with van der Waals surface area (Å²) in [6.45, 7) is 2.89. The molecule has 11 nitrogen and oxygen atoms in total. The minimum atomic E-state index is -4.44. The first-order valence-corrected chi connectivity index (χ1v) is 12.5. The third-order valence-corrected chi connectivity index (χ3v) is 6.18. The molecule has 232 valence electrons. The number of halogens is 3. The zero-order valence-electron chi connectivity index (χ0n) is 23.2. The molecule has 1 heterocycles. The first-order valence-electron chi connectivity index (χ1n) is 12.5. The van der Waals surface area contributed by atoms with Gasteiger partial charge in [0.25, 0.3) is 5.56 Å². The Hall–Kier alpha value is -5.50. The summed E-state index contributed by atoms with van der Waals surface area (Å²) in [6.07, 6.45) is -3.00. The van der Waals surface area contributed by atoms with Crippen molar-refractivity contribution in [1.82, 2.24) is 4.98 Å². The lowest BCUT2D eigenvalue weighted by molar-refractivity contribution is -0.137. The van der Waals surface area contributed by atoms with Crippen LogP contribution in [0, 0.1) is 6.92 Å². The van der Waals surface area contributed by atoms with E-state index >= 15 is 0 Å². The number of aryl methyl sites for hydroxylation is 1. The topological polar surface area (TPSA) is 208 Å². The number of carbonyl (C=O) groups is 4. The van der Waals surface area contributed by atoms with Gasteiger partial charge in [0, 0.05) is 35.1 Å². The number of aromatic nitrogens is 1. The van der Waals surface area contributed by atoms with E-state index in [4.69, 9.17) is 26.2 Å². The SMILES string of the molecule is Cc1ccc(C(=O)O)c(C(C)CO)c1C(=O)O.NC(=O)c1cccc(C(F)(F)F)c1.O=C(O)c1cccc2c(=O)[nH]ccc12. The van der Waals surface area contributed by atoms with Gasteiger partial charge >= 0.3 is 24.1 Å². The van der Waals surface area contributed by atoms with E-state index in [1.54, 1.807) is 32.0 Å². The molecule has 1 atom stereocenters. The maximum atomic E-state index is 12.1. The number of aromatic amines is 1. The number of carbonyl (C=O) groups excluding carboxylic acids is 1. The molecule has 3 aromatic carbocycles. The van der Waals surface area contributed by atoms with Gasteiger partial charge in [0.1, 0.15) is 0 Å². The quantitative estimate of drug-likeness (QED) is 0.180. The van der Waals surface area contributed by atoms with Crippen molar-refractivity contribution in [3.05, 3.63) is 116 Å². The second-order valence-electron chi connectivity index (χ2n) is 9.23. The minimum absolute atomic E-state index is 0.0357. The Morgan fingerprint density at radius 2 is 1.48 bits per heavy atom. The number of hydrogen-bond donors (Lipinski definition) is 6. The van der Waals surface area contributed by atoms with Gasteiger partial charge in [-0.15, -0.1) is 0 Å². The van der Waals surface area contributed by atoms with E-state index in [1.807, 2.05) is 0 Å². The second-order valence-corrected chi connectivity index (χ2v) is 9.23. The van der Waals surface area contributed by atoms with Crippen LogP contribution >= 0.6 is 0 Å².